The average Bonchev–Trinajstić information content (AvgIpc) is 3.30. The van der Waals surface area contributed by atoms with E-state index in [0.29, 0.717) is 11.8 Å². The first-order chi connectivity index (χ1) is 14.7. The Hall–Kier alpha value is -3.49. The number of rotatable bonds is 4. The zero-order valence-electron chi connectivity index (χ0n) is 18.7. The molecule has 1 aromatic carbocycles. The predicted octanol–water partition coefficient (Wildman–Crippen LogP) is 2.01. The van der Waals surface area contributed by atoms with Gasteiger partial charge in [-0.15, -0.1) is 9.78 Å². The molecule has 0 N–H and O–H groups in total. The maximum Gasteiger partial charge on any atom is 0.421 e. The molecule has 1 atom stereocenters. The van der Waals surface area contributed by atoms with Crippen molar-refractivity contribution >= 4 is 23.7 Å². The van der Waals surface area contributed by atoms with Gasteiger partial charge in [0.25, 0.3) is 5.91 Å². The summed E-state index contributed by atoms with van der Waals surface area (Å²) in [6.45, 7) is 8.04. The molecule has 2 aliphatic heterocycles. The summed E-state index contributed by atoms with van der Waals surface area (Å²) in [6.07, 6.45) is 0. The molecule has 1 fully saturated rings. The molecule has 9 heteroatoms. The summed E-state index contributed by atoms with van der Waals surface area (Å²) in [5.74, 6) is 1.41. The van der Waals surface area contributed by atoms with Crippen LogP contribution < -0.4 is 4.74 Å². The third kappa shape index (κ3) is 3.39. The lowest BCUT2D eigenvalue weighted by molar-refractivity contribution is -0.567. The number of amidine groups is 1. The lowest BCUT2D eigenvalue weighted by Crippen LogP contribution is -2.63. The van der Waals surface area contributed by atoms with E-state index in [4.69, 9.17) is 9.73 Å². The van der Waals surface area contributed by atoms with Gasteiger partial charge in [-0.05, 0) is 51.5 Å². The van der Waals surface area contributed by atoms with Crippen LogP contribution in [0, 0.1) is 13.8 Å². The highest BCUT2D eigenvalue weighted by atomic mass is 16.5. The number of fused-ring (bicyclic) bond motifs is 1. The minimum absolute atomic E-state index is 0.0291. The molecule has 1 aromatic heterocycles. The van der Waals surface area contributed by atoms with E-state index in [1.165, 1.54) is 9.80 Å². The Kier molecular flexibility index (Phi) is 5.12. The van der Waals surface area contributed by atoms with Crippen LogP contribution in [0.4, 0.5) is 4.79 Å². The molecule has 162 valence electrons. The number of ether oxygens (including phenoxy) is 1. The Bertz CT molecular complexity index is 1110. The van der Waals surface area contributed by atoms with E-state index in [2.05, 4.69) is 5.10 Å². The molecule has 0 spiro atoms. The summed E-state index contributed by atoms with van der Waals surface area (Å²) in [6, 6.07) is 8.19. The lowest BCUT2D eigenvalue weighted by Gasteiger charge is -2.34. The van der Waals surface area contributed by atoms with Crippen molar-refractivity contribution in [3.05, 3.63) is 47.3 Å². The third-order valence-corrected chi connectivity index (χ3v) is 5.58. The number of hydrogen-bond donors (Lipinski definition) is 0. The number of methoxy groups -OCH3 is 1. The number of carbonyl (C=O) groups excluding carboxylic acids is 2. The van der Waals surface area contributed by atoms with Crippen molar-refractivity contribution in [2.75, 3.05) is 14.2 Å². The lowest BCUT2D eigenvalue weighted by atomic mass is 10.1. The van der Waals surface area contributed by atoms with Crippen molar-refractivity contribution in [1.82, 2.24) is 19.6 Å². The SMILES string of the molecule is COc1ccc(CN2C(=O)C3C(=NC(n4nc(C)cc4C)=[N+]3C(C)C)N(C)C2=O)cc1. The molecule has 0 aliphatic carbocycles. The van der Waals surface area contributed by atoms with Crippen molar-refractivity contribution in [2.24, 2.45) is 4.99 Å². The van der Waals surface area contributed by atoms with Crippen molar-refractivity contribution in [3.8, 4) is 5.75 Å². The topological polar surface area (TPSA) is 83.0 Å². The summed E-state index contributed by atoms with van der Waals surface area (Å²) in [5, 5.41) is 4.55. The van der Waals surface area contributed by atoms with Gasteiger partial charge in [0.2, 0.25) is 11.9 Å². The number of imide groups is 1. The van der Waals surface area contributed by atoms with Crippen LogP contribution in [0.3, 0.4) is 0 Å². The zero-order valence-corrected chi connectivity index (χ0v) is 18.7. The first-order valence-electron chi connectivity index (χ1n) is 10.2. The molecule has 3 amide bonds. The maximum absolute atomic E-state index is 13.6. The maximum atomic E-state index is 13.6. The van der Waals surface area contributed by atoms with Crippen LogP contribution in [0.2, 0.25) is 0 Å². The van der Waals surface area contributed by atoms with Crippen LogP contribution in [0.15, 0.2) is 35.3 Å². The molecule has 1 saturated heterocycles. The van der Waals surface area contributed by atoms with Crippen LogP contribution in [-0.4, -0.2) is 74.1 Å². The summed E-state index contributed by atoms with van der Waals surface area (Å²) >= 11 is 0. The van der Waals surface area contributed by atoms with E-state index < -0.39 is 12.1 Å². The first kappa shape index (κ1) is 20.8. The van der Waals surface area contributed by atoms with Crippen LogP contribution in [0.5, 0.6) is 5.75 Å². The van der Waals surface area contributed by atoms with E-state index >= 15 is 0 Å². The Morgan fingerprint density at radius 2 is 1.84 bits per heavy atom. The number of amides is 3. The van der Waals surface area contributed by atoms with Crippen LogP contribution in [0.1, 0.15) is 30.8 Å². The van der Waals surface area contributed by atoms with E-state index in [1.807, 2.05) is 62.6 Å². The fraction of sp³-hybridized carbons (Fsp3) is 0.409. The van der Waals surface area contributed by atoms with Crippen LogP contribution >= 0.6 is 0 Å². The number of aryl methyl sites for hydroxylation is 2. The van der Waals surface area contributed by atoms with Gasteiger partial charge in [0, 0.05) is 7.05 Å². The molecule has 2 aromatic rings. The molecular formula is C22H27N6O3+. The fourth-order valence-corrected chi connectivity index (χ4v) is 4.05. The third-order valence-electron chi connectivity index (χ3n) is 5.58. The number of aliphatic imine (C=N–C) groups is 1. The monoisotopic (exact) mass is 423 g/mol. The van der Waals surface area contributed by atoms with Crippen molar-refractivity contribution < 1.29 is 18.9 Å². The van der Waals surface area contributed by atoms with Gasteiger partial charge in [0.1, 0.15) is 11.4 Å². The largest absolute Gasteiger partial charge is 0.497 e. The summed E-state index contributed by atoms with van der Waals surface area (Å²) in [7, 11) is 3.25. The van der Waals surface area contributed by atoms with E-state index in [-0.39, 0.29) is 18.5 Å². The number of hydrogen-bond acceptors (Lipinski definition) is 5. The summed E-state index contributed by atoms with van der Waals surface area (Å²) < 4.78 is 8.86. The van der Waals surface area contributed by atoms with E-state index in [0.717, 1.165) is 22.7 Å². The fourth-order valence-electron chi connectivity index (χ4n) is 4.05. The summed E-state index contributed by atoms with van der Waals surface area (Å²) in [5.41, 5.74) is 2.62. The normalized spacial score (nSPS) is 18.8. The van der Waals surface area contributed by atoms with Gasteiger partial charge in [-0.3, -0.25) is 14.6 Å². The highest BCUT2D eigenvalue weighted by molar-refractivity contribution is 6.22. The Morgan fingerprint density at radius 3 is 2.39 bits per heavy atom. The smallest absolute Gasteiger partial charge is 0.421 e. The van der Waals surface area contributed by atoms with Crippen LogP contribution in [0.25, 0.3) is 0 Å². The second-order valence-electron chi connectivity index (χ2n) is 8.13. The van der Waals surface area contributed by atoms with Gasteiger partial charge >= 0.3 is 12.0 Å². The number of urea groups is 1. The Labute approximate surface area is 181 Å². The highest BCUT2D eigenvalue weighted by Gasteiger charge is 2.53. The minimum atomic E-state index is -0.681. The number of benzene rings is 1. The highest BCUT2D eigenvalue weighted by Crippen LogP contribution is 2.24. The first-order valence-corrected chi connectivity index (χ1v) is 10.2. The van der Waals surface area contributed by atoms with E-state index in [1.54, 1.807) is 18.8 Å². The standard InChI is InChI=1S/C22H27N6O3/c1-13(2)27-18-19(23-21(27)28-15(4)11-14(3)24-28)25(5)22(30)26(20(18)29)12-16-7-9-17(31-6)10-8-16/h7-11,13,18H,12H2,1-6H3/q+1. The summed E-state index contributed by atoms with van der Waals surface area (Å²) in [4.78, 5) is 34.1. The number of likely N-dealkylation sites (N-methyl/N-ethyl adjacent to an activating group) is 1. The predicted molar refractivity (Wildman–Crippen MR) is 115 cm³/mol. The Balaban J connectivity index is 1.74. The molecule has 2 aliphatic rings. The van der Waals surface area contributed by atoms with Gasteiger partial charge in [-0.25, -0.2) is 9.37 Å². The molecule has 31 heavy (non-hydrogen) atoms. The minimum Gasteiger partial charge on any atom is -0.497 e. The Morgan fingerprint density at radius 1 is 1.16 bits per heavy atom. The van der Waals surface area contributed by atoms with Gasteiger partial charge < -0.3 is 4.74 Å². The second-order valence-corrected chi connectivity index (χ2v) is 8.13. The molecule has 3 heterocycles. The van der Waals surface area contributed by atoms with Gasteiger partial charge in [0.05, 0.1) is 25.4 Å². The van der Waals surface area contributed by atoms with Crippen molar-refractivity contribution in [2.45, 2.75) is 46.3 Å². The zero-order chi connectivity index (χ0) is 22.4. The van der Waals surface area contributed by atoms with Gasteiger partial charge in [-0.2, -0.15) is 0 Å². The number of aromatic nitrogens is 2. The van der Waals surface area contributed by atoms with Gasteiger partial charge in [0.15, 0.2) is 0 Å². The number of carbonyl (C=O) groups is 2. The number of nitrogens with zero attached hydrogens (tertiary/aromatic N) is 6. The molecule has 1 unspecified atom stereocenters. The van der Waals surface area contributed by atoms with Crippen molar-refractivity contribution in [3.63, 3.8) is 0 Å². The quantitative estimate of drug-likeness (QED) is 0.705. The second kappa shape index (κ2) is 7.64. The molecule has 4 rings (SSSR count). The molecule has 9 nitrogen and oxygen atoms in total. The van der Waals surface area contributed by atoms with Gasteiger partial charge in [-0.1, -0.05) is 17.1 Å². The molecule has 0 radical (unpaired) electrons. The van der Waals surface area contributed by atoms with Crippen molar-refractivity contribution in [1.29, 1.82) is 0 Å². The average molecular weight is 423 g/mol. The van der Waals surface area contributed by atoms with E-state index in [9.17, 15) is 9.59 Å². The molecular weight excluding hydrogens is 396 g/mol. The molecule has 0 saturated carbocycles. The molecule has 0 bridgehead atoms. The van der Waals surface area contributed by atoms with Crippen LogP contribution in [-0.2, 0) is 11.3 Å².